The molecule has 0 heterocycles. The Labute approximate surface area is 221 Å². The quantitative estimate of drug-likeness (QED) is 0.309. The van der Waals surface area contributed by atoms with Gasteiger partial charge >= 0.3 is 0 Å². The molecule has 0 nitrogen and oxygen atoms in total. The zero-order valence-corrected chi connectivity index (χ0v) is 27.2. The molecule has 2 rings (SSSR count). The fourth-order valence-corrected chi connectivity index (χ4v) is 11.5. The minimum Gasteiger partial charge on any atom is -0.0697 e. The van der Waals surface area contributed by atoms with Crippen molar-refractivity contribution in [1.82, 2.24) is 0 Å². The van der Waals surface area contributed by atoms with Gasteiger partial charge in [-0.15, -0.1) is 0 Å². The highest BCUT2D eigenvalue weighted by Crippen LogP contribution is 2.48. The van der Waals surface area contributed by atoms with Gasteiger partial charge in [0.25, 0.3) is 0 Å². The second kappa shape index (κ2) is 11.8. The maximum absolute atomic E-state index is 2.58. The predicted molar refractivity (Wildman–Crippen MR) is 167 cm³/mol. The fraction of sp³-hybridized carbons (Fsp3) is 0.636. The van der Waals surface area contributed by atoms with Gasteiger partial charge in [-0.25, -0.2) is 0 Å². The Kier molecular flexibility index (Phi) is 10.3. The number of hydrogen-bond donors (Lipinski definition) is 0. The van der Waals surface area contributed by atoms with Crippen LogP contribution < -0.4 is 10.6 Å². The maximum atomic E-state index is 2.58. The second-order valence-corrected chi connectivity index (χ2v) is 20.3. The van der Waals surface area contributed by atoms with Gasteiger partial charge in [0.2, 0.25) is 0 Å². The van der Waals surface area contributed by atoms with Gasteiger partial charge < -0.3 is 0 Å². The van der Waals surface area contributed by atoms with Gasteiger partial charge in [0.05, 0.1) is 0 Å². The minimum absolute atomic E-state index is 0.172. The van der Waals surface area contributed by atoms with Gasteiger partial charge in [-0.1, -0.05) is 149 Å². The van der Waals surface area contributed by atoms with E-state index in [2.05, 4.69) is 133 Å². The van der Waals surface area contributed by atoms with E-state index in [0.717, 1.165) is 6.42 Å². The Morgan fingerprint density at radius 1 is 0.514 bits per heavy atom. The summed E-state index contributed by atoms with van der Waals surface area (Å²) in [5.74, 6) is 0. The highest BCUT2D eigenvalue weighted by Gasteiger charge is 2.27. The molecule has 2 aromatic carbocycles. The van der Waals surface area contributed by atoms with Crippen LogP contribution in [0.25, 0.3) is 0 Å². The lowest BCUT2D eigenvalue weighted by molar-refractivity contribution is 0.590. The molecule has 0 aromatic heterocycles. The Morgan fingerprint density at radius 3 is 1.03 bits per heavy atom. The summed E-state index contributed by atoms with van der Waals surface area (Å²) in [6.45, 7) is 33.5. The van der Waals surface area contributed by atoms with Crippen molar-refractivity contribution >= 4 is 26.5 Å². The number of hydrogen-bond acceptors (Lipinski definition) is 0. The molecule has 0 spiro atoms. The zero-order chi connectivity index (χ0) is 26.9. The third kappa shape index (κ3) is 7.65. The van der Waals surface area contributed by atoms with E-state index in [9.17, 15) is 0 Å². The normalized spacial score (nSPS) is 13.4. The first-order chi connectivity index (χ1) is 15.9. The maximum Gasteiger partial charge on any atom is -0.00131 e. The predicted octanol–water partition coefficient (Wildman–Crippen LogP) is 9.72. The molecule has 0 aliphatic carbocycles. The van der Waals surface area contributed by atoms with Gasteiger partial charge in [0, 0.05) is 0 Å². The molecule has 0 radical (unpaired) electrons. The van der Waals surface area contributed by atoms with E-state index in [0.29, 0.717) is 22.6 Å². The van der Waals surface area contributed by atoms with Gasteiger partial charge in [0.1, 0.15) is 0 Å². The SMILES string of the molecule is CC(C)P(c1cc(C(C)(C)C)ccc1Cc1ccc(C(C)(C)C)cc1P(C(C)C)C(C)C)C(C)C. The van der Waals surface area contributed by atoms with Crippen molar-refractivity contribution < 1.29 is 0 Å². The van der Waals surface area contributed by atoms with Crippen molar-refractivity contribution in [2.75, 3.05) is 0 Å². The van der Waals surface area contributed by atoms with Crippen molar-refractivity contribution in [3.8, 4) is 0 Å². The third-order valence-electron chi connectivity index (χ3n) is 7.07. The topological polar surface area (TPSA) is 0 Å². The van der Waals surface area contributed by atoms with E-state index in [1.54, 1.807) is 21.7 Å². The molecule has 0 fully saturated rings. The summed E-state index contributed by atoms with van der Waals surface area (Å²) < 4.78 is 0. The first-order valence-electron chi connectivity index (χ1n) is 13.8. The summed E-state index contributed by atoms with van der Waals surface area (Å²) in [7, 11) is -0.447. The van der Waals surface area contributed by atoms with Crippen molar-refractivity contribution in [2.24, 2.45) is 0 Å². The average Bonchev–Trinajstić information content (AvgIpc) is 2.67. The summed E-state index contributed by atoms with van der Waals surface area (Å²) in [5, 5.41) is 3.28. The van der Waals surface area contributed by atoms with Crippen LogP contribution in [-0.4, -0.2) is 22.6 Å². The van der Waals surface area contributed by atoms with Crippen molar-refractivity contribution in [1.29, 1.82) is 0 Å². The first-order valence-corrected chi connectivity index (χ1v) is 16.7. The van der Waals surface area contributed by atoms with Crippen LogP contribution in [0.15, 0.2) is 36.4 Å². The molecule has 35 heavy (non-hydrogen) atoms. The number of rotatable bonds is 8. The molecule has 0 saturated carbocycles. The highest BCUT2D eigenvalue weighted by molar-refractivity contribution is 7.67. The molecule has 0 amide bonds. The van der Waals surface area contributed by atoms with Gasteiger partial charge in [0.15, 0.2) is 0 Å². The first kappa shape index (κ1) is 30.5. The van der Waals surface area contributed by atoms with E-state index in [1.165, 1.54) is 11.1 Å². The molecule has 2 heteroatoms. The molecule has 196 valence electrons. The van der Waals surface area contributed by atoms with Crippen LogP contribution in [0.4, 0.5) is 0 Å². The van der Waals surface area contributed by atoms with Crippen LogP contribution in [0.3, 0.4) is 0 Å². The lowest BCUT2D eigenvalue weighted by Crippen LogP contribution is -2.25. The van der Waals surface area contributed by atoms with E-state index in [-0.39, 0.29) is 26.7 Å². The standard InChI is InChI=1S/C33H54P2/c1-22(2)34(23(3)4)30-20-28(32(9,10)11)17-15-26(30)19-27-16-18-29(33(12,13)14)21-31(27)35(24(5)6)25(7)8/h15-18,20-25H,19H2,1-14H3. The molecule has 0 aliphatic rings. The lowest BCUT2D eigenvalue weighted by atomic mass is 9.85. The molecular formula is C33H54P2. The summed E-state index contributed by atoms with van der Waals surface area (Å²) in [6.07, 6.45) is 1.05. The lowest BCUT2D eigenvalue weighted by Gasteiger charge is -2.33. The summed E-state index contributed by atoms with van der Waals surface area (Å²) in [6, 6.07) is 14.9. The Morgan fingerprint density at radius 2 is 0.800 bits per heavy atom. The zero-order valence-electron chi connectivity index (χ0n) is 25.4. The molecule has 0 atom stereocenters. The largest absolute Gasteiger partial charge is 0.0697 e. The fourth-order valence-electron chi connectivity index (χ4n) is 5.35. The second-order valence-electron chi connectivity index (χ2n) is 13.6. The smallest absolute Gasteiger partial charge is 0.00131 e. The van der Waals surface area contributed by atoms with Crippen LogP contribution in [0, 0.1) is 0 Å². The highest BCUT2D eigenvalue weighted by atomic mass is 31.1. The van der Waals surface area contributed by atoms with Crippen molar-refractivity contribution in [3.05, 3.63) is 58.7 Å². The molecule has 0 saturated heterocycles. The van der Waals surface area contributed by atoms with Crippen LogP contribution >= 0.6 is 15.8 Å². The molecule has 2 aromatic rings. The van der Waals surface area contributed by atoms with Crippen LogP contribution in [0.1, 0.15) is 119 Å². The Bertz CT molecular complexity index is 872. The van der Waals surface area contributed by atoms with E-state index in [4.69, 9.17) is 0 Å². The van der Waals surface area contributed by atoms with Gasteiger partial charge in [-0.2, -0.15) is 0 Å². The monoisotopic (exact) mass is 512 g/mol. The summed E-state index contributed by atoms with van der Waals surface area (Å²) in [5.41, 5.74) is 9.14. The molecule has 0 aliphatic heterocycles. The summed E-state index contributed by atoms with van der Waals surface area (Å²) >= 11 is 0. The van der Waals surface area contributed by atoms with Crippen LogP contribution in [-0.2, 0) is 17.3 Å². The van der Waals surface area contributed by atoms with Crippen molar-refractivity contribution in [2.45, 2.75) is 137 Å². The number of benzene rings is 2. The van der Waals surface area contributed by atoms with Gasteiger partial charge in [-0.05, 0) is 72.7 Å². The minimum atomic E-state index is -0.223. The Balaban J connectivity index is 2.75. The molecular weight excluding hydrogens is 458 g/mol. The third-order valence-corrected chi connectivity index (χ3v) is 13.5. The van der Waals surface area contributed by atoms with Gasteiger partial charge in [-0.3, -0.25) is 0 Å². The van der Waals surface area contributed by atoms with Crippen molar-refractivity contribution in [3.63, 3.8) is 0 Å². The van der Waals surface area contributed by atoms with Crippen LogP contribution in [0.2, 0.25) is 0 Å². The summed E-state index contributed by atoms with van der Waals surface area (Å²) in [4.78, 5) is 0. The Hall–Kier alpha value is -0.700. The molecule has 0 unspecified atom stereocenters. The van der Waals surface area contributed by atoms with E-state index >= 15 is 0 Å². The molecule has 0 bridgehead atoms. The average molecular weight is 513 g/mol. The van der Waals surface area contributed by atoms with E-state index < -0.39 is 0 Å². The van der Waals surface area contributed by atoms with E-state index in [1.807, 2.05) is 0 Å². The molecule has 0 N–H and O–H groups in total. The van der Waals surface area contributed by atoms with Crippen LogP contribution in [0.5, 0.6) is 0 Å².